The van der Waals surface area contributed by atoms with Crippen LogP contribution in [0, 0.1) is 19.3 Å². The summed E-state index contributed by atoms with van der Waals surface area (Å²) in [5, 5.41) is 11.7. The van der Waals surface area contributed by atoms with Crippen LogP contribution in [0.2, 0.25) is 0 Å². The van der Waals surface area contributed by atoms with Crippen LogP contribution in [0.25, 0.3) is 0 Å². The molecule has 0 fully saturated rings. The first-order chi connectivity index (χ1) is 8.97. The molecule has 0 bridgehead atoms. The Morgan fingerprint density at radius 1 is 1.58 bits per heavy atom. The number of hydrogen-bond acceptors (Lipinski definition) is 4. The summed E-state index contributed by atoms with van der Waals surface area (Å²) in [6.07, 6.45) is 5.89. The van der Waals surface area contributed by atoms with Crippen LogP contribution in [-0.4, -0.2) is 40.1 Å². The van der Waals surface area contributed by atoms with Crippen LogP contribution < -0.4 is 5.32 Å². The lowest BCUT2D eigenvalue weighted by molar-refractivity contribution is -0.137. The Labute approximate surface area is 115 Å². The lowest BCUT2D eigenvalue weighted by Gasteiger charge is -2.17. The topological polar surface area (TPSA) is 82.5 Å². The molecule has 1 aromatic rings. The molecule has 0 radical (unpaired) electrons. The number of amides is 2. The minimum atomic E-state index is -1.12. The number of rotatable bonds is 5. The Bertz CT molecular complexity index is 519. The second-order valence-electron chi connectivity index (χ2n) is 3.76. The van der Waals surface area contributed by atoms with Gasteiger partial charge < -0.3 is 10.0 Å². The van der Waals surface area contributed by atoms with E-state index >= 15 is 0 Å². The molecule has 0 saturated carbocycles. The third-order valence-corrected chi connectivity index (χ3v) is 3.27. The number of nitrogens with zero attached hydrogens (tertiary/aromatic N) is 2. The molecule has 0 aliphatic heterocycles. The third kappa shape index (κ3) is 4.26. The van der Waals surface area contributed by atoms with Crippen molar-refractivity contribution in [2.75, 3.05) is 18.4 Å². The van der Waals surface area contributed by atoms with Crippen LogP contribution in [0.3, 0.4) is 0 Å². The van der Waals surface area contributed by atoms with E-state index in [0.29, 0.717) is 5.13 Å². The predicted molar refractivity (Wildman–Crippen MR) is 73.3 cm³/mol. The van der Waals surface area contributed by atoms with Crippen molar-refractivity contribution in [2.45, 2.75) is 20.3 Å². The Morgan fingerprint density at radius 3 is 2.74 bits per heavy atom. The van der Waals surface area contributed by atoms with E-state index in [1.807, 2.05) is 13.8 Å². The van der Waals surface area contributed by atoms with Gasteiger partial charge in [-0.15, -0.1) is 17.8 Å². The number of carboxylic acids is 1. The fraction of sp³-hybridized carbons (Fsp3) is 0.417. The van der Waals surface area contributed by atoms with Crippen molar-refractivity contribution in [3.8, 4) is 12.3 Å². The van der Waals surface area contributed by atoms with Crippen molar-refractivity contribution in [2.24, 2.45) is 0 Å². The summed E-state index contributed by atoms with van der Waals surface area (Å²) in [6, 6.07) is -0.559. The van der Waals surface area contributed by atoms with E-state index in [2.05, 4.69) is 16.2 Å². The van der Waals surface area contributed by atoms with Gasteiger partial charge in [0, 0.05) is 4.88 Å². The summed E-state index contributed by atoms with van der Waals surface area (Å²) >= 11 is 1.35. The number of urea groups is 1. The maximum Gasteiger partial charge on any atom is 0.324 e. The Morgan fingerprint density at radius 2 is 2.26 bits per heavy atom. The zero-order valence-electron chi connectivity index (χ0n) is 10.8. The summed E-state index contributed by atoms with van der Waals surface area (Å²) in [5.74, 6) is 1.14. The monoisotopic (exact) mass is 281 g/mol. The van der Waals surface area contributed by atoms with E-state index in [1.54, 1.807) is 0 Å². The average Bonchev–Trinajstić information content (AvgIpc) is 2.68. The van der Waals surface area contributed by atoms with Gasteiger partial charge in [0.05, 0.1) is 12.2 Å². The molecule has 1 rings (SSSR count). The lowest BCUT2D eigenvalue weighted by atomic mass is 10.3. The highest BCUT2D eigenvalue weighted by atomic mass is 32.1. The van der Waals surface area contributed by atoms with E-state index < -0.39 is 18.5 Å². The van der Waals surface area contributed by atoms with Crippen molar-refractivity contribution in [3.05, 3.63) is 10.6 Å². The van der Waals surface area contributed by atoms with Crippen LogP contribution in [-0.2, 0) is 11.2 Å². The summed E-state index contributed by atoms with van der Waals surface area (Å²) < 4.78 is 0. The number of hydrogen-bond donors (Lipinski definition) is 2. The fourth-order valence-corrected chi connectivity index (χ4v) is 2.35. The standard InChI is InChI=1S/C12H15N3O3S/c1-4-6-15(7-10(16)17)12(18)14-11-13-9(5-2)8(3)19-11/h1H,5-7H2,2-3H3,(H,16,17)(H,13,14,18). The minimum absolute atomic E-state index is 0.0663. The maximum atomic E-state index is 11.9. The Hall–Kier alpha value is -2.07. The number of nitrogens with one attached hydrogen (secondary N) is 1. The number of thiazole rings is 1. The van der Waals surface area contributed by atoms with E-state index in [9.17, 15) is 9.59 Å². The lowest BCUT2D eigenvalue weighted by Crippen LogP contribution is -2.39. The van der Waals surface area contributed by atoms with Gasteiger partial charge in [-0.1, -0.05) is 12.8 Å². The first kappa shape index (κ1) is 15.0. The molecule has 1 heterocycles. The highest BCUT2D eigenvalue weighted by molar-refractivity contribution is 7.15. The molecule has 1 aromatic heterocycles. The van der Waals surface area contributed by atoms with E-state index in [-0.39, 0.29) is 6.54 Å². The molecule has 102 valence electrons. The summed E-state index contributed by atoms with van der Waals surface area (Å²) in [6.45, 7) is 3.38. The first-order valence-electron chi connectivity index (χ1n) is 5.65. The van der Waals surface area contributed by atoms with Crippen molar-refractivity contribution in [3.63, 3.8) is 0 Å². The molecule has 0 aliphatic carbocycles. The molecule has 0 unspecified atom stereocenters. The molecule has 6 nitrogen and oxygen atoms in total. The maximum absolute atomic E-state index is 11.9. The zero-order chi connectivity index (χ0) is 14.4. The Kier molecular flexibility index (Phi) is 5.33. The summed E-state index contributed by atoms with van der Waals surface area (Å²) in [5.41, 5.74) is 0.919. The van der Waals surface area contributed by atoms with Crippen molar-refractivity contribution in [1.29, 1.82) is 0 Å². The summed E-state index contributed by atoms with van der Waals surface area (Å²) in [7, 11) is 0. The van der Waals surface area contributed by atoms with Gasteiger partial charge in [0.1, 0.15) is 6.54 Å². The SMILES string of the molecule is C#CCN(CC(=O)O)C(=O)Nc1nc(CC)c(C)s1. The molecule has 2 amide bonds. The number of carboxylic acid groups (broad SMARTS) is 1. The number of carbonyl (C=O) groups is 2. The quantitative estimate of drug-likeness (QED) is 0.802. The van der Waals surface area contributed by atoms with Gasteiger partial charge in [-0.25, -0.2) is 9.78 Å². The van der Waals surface area contributed by atoms with Gasteiger partial charge in [-0.05, 0) is 13.3 Å². The fourth-order valence-electron chi connectivity index (χ4n) is 1.45. The second-order valence-corrected chi connectivity index (χ2v) is 4.96. The molecule has 0 spiro atoms. The number of aryl methyl sites for hydroxylation is 2. The highest BCUT2D eigenvalue weighted by Crippen LogP contribution is 2.22. The van der Waals surface area contributed by atoms with Gasteiger partial charge in [0.2, 0.25) is 0 Å². The van der Waals surface area contributed by atoms with Crippen LogP contribution in [0.15, 0.2) is 0 Å². The van der Waals surface area contributed by atoms with Gasteiger partial charge in [-0.3, -0.25) is 10.1 Å². The molecular weight excluding hydrogens is 266 g/mol. The van der Waals surface area contributed by atoms with E-state index in [4.69, 9.17) is 11.5 Å². The van der Waals surface area contributed by atoms with Gasteiger partial charge in [0.25, 0.3) is 0 Å². The number of aromatic nitrogens is 1. The van der Waals surface area contributed by atoms with Gasteiger partial charge in [0.15, 0.2) is 5.13 Å². The molecule has 7 heteroatoms. The average molecular weight is 281 g/mol. The minimum Gasteiger partial charge on any atom is -0.480 e. The zero-order valence-corrected chi connectivity index (χ0v) is 11.6. The Balaban J connectivity index is 2.75. The first-order valence-corrected chi connectivity index (χ1v) is 6.47. The number of aliphatic carboxylic acids is 1. The smallest absolute Gasteiger partial charge is 0.324 e. The van der Waals surface area contributed by atoms with E-state index in [0.717, 1.165) is 21.9 Å². The van der Waals surface area contributed by atoms with Gasteiger partial charge in [-0.2, -0.15) is 0 Å². The second kappa shape index (κ2) is 6.75. The van der Waals surface area contributed by atoms with Crippen molar-refractivity contribution >= 4 is 28.5 Å². The summed E-state index contributed by atoms with van der Waals surface area (Å²) in [4.78, 5) is 28.8. The molecule has 0 saturated heterocycles. The van der Waals surface area contributed by atoms with Crippen molar-refractivity contribution < 1.29 is 14.7 Å². The molecule has 0 aliphatic rings. The van der Waals surface area contributed by atoms with Crippen LogP contribution >= 0.6 is 11.3 Å². The van der Waals surface area contributed by atoms with Crippen LogP contribution in [0.4, 0.5) is 9.93 Å². The predicted octanol–water partition coefficient (Wildman–Crippen LogP) is 1.57. The largest absolute Gasteiger partial charge is 0.480 e. The molecule has 0 atom stereocenters. The molecule has 2 N–H and O–H groups in total. The molecule has 0 aromatic carbocycles. The van der Waals surface area contributed by atoms with Crippen LogP contribution in [0.1, 0.15) is 17.5 Å². The highest BCUT2D eigenvalue weighted by Gasteiger charge is 2.17. The number of terminal acetylenes is 1. The van der Waals surface area contributed by atoms with E-state index in [1.165, 1.54) is 11.3 Å². The third-order valence-electron chi connectivity index (χ3n) is 2.34. The number of carbonyl (C=O) groups excluding carboxylic acids is 1. The van der Waals surface area contributed by atoms with Crippen LogP contribution in [0.5, 0.6) is 0 Å². The number of anilines is 1. The molecular formula is C12H15N3O3S. The van der Waals surface area contributed by atoms with Gasteiger partial charge >= 0.3 is 12.0 Å². The van der Waals surface area contributed by atoms with Crippen molar-refractivity contribution in [1.82, 2.24) is 9.88 Å². The normalized spacial score (nSPS) is 9.74. The molecule has 19 heavy (non-hydrogen) atoms.